The molecule has 24 heavy (non-hydrogen) atoms. The second kappa shape index (κ2) is 5.84. The summed E-state index contributed by atoms with van der Waals surface area (Å²) in [6.45, 7) is 1.79. The van der Waals surface area contributed by atoms with Gasteiger partial charge in [-0.1, -0.05) is 0 Å². The molecule has 0 N–H and O–H groups in total. The van der Waals surface area contributed by atoms with E-state index in [0.29, 0.717) is 11.0 Å². The summed E-state index contributed by atoms with van der Waals surface area (Å²) in [5.41, 5.74) is 1.53. The fourth-order valence-corrected chi connectivity index (χ4v) is 2.89. The fourth-order valence-electron chi connectivity index (χ4n) is 2.89. The third-order valence-electron chi connectivity index (χ3n) is 3.83. The highest BCUT2D eigenvalue weighted by molar-refractivity contribution is 6.17. The van der Waals surface area contributed by atoms with E-state index in [0.717, 1.165) is 5.52 Å². The van der Waals surface area contributed by atoms with Gasteiger partial charge in [0.1, 0.15) is 0 Å². The van der Waals surface area contributed by atoms with Crippen molar-refractivity contribution in [3.8, 4) is 0 Å². The molecule has 124 valence electrons. The van der Waals surface area contributed by atoms with Crippen molar-refractivity contribution in [1.82, 2.24) is 4.40 Å². The zero-order valence-corrected chi connectivity index (χ0v) is 13.4. The number of carbonyl (C=O) groups excluding carboxylic acids is 3. The third kappa shape index (κ3) is 2.09. The van der Waals surface area contributed by atoms with E-state index in [1.807, 2.05) is 0 Å². The summed E-state index contributed by atoms with van der Waals surface area (Å²) < 4.78 is 16.4. The van der Waals surface area contributed by atoms with Crippen molar-refractivity contribution in [2.75, 3.05) is 20.8 Å². The summed E-state index contributed by atoms with van der Waals surface area (Å²) in [5.74, 6) is -2.24. The van der Waals surface area contributed by atoms with Gasteiger partial charge in [0, 0.05) is 5.52 Å². The molecule has 3 heterocycles. The maximum absolute atomic E-state index is 12.5. The Morgan fingerprint density at radius 2 is 1.33 bits per heavy atom. The van der Waals surface area contributed by atoms with E-state index in [9.17, 15) is 14.4 Å². The molecule has 0 aromatic carbocycles. The molecule has 0 spiro atoms. The number of methoxy groups -OCH3 is 2. The Kier molecular flexibility index (Phi) is 3.84. The van der Waals surface area contributed by atoms with Gasteiger partial charge < -0.3 is 18.6 Å². The molecule has 7 heteroatoms. The minimum atomic E-state index is -0.805. The van der Waals surface area contributed by atoms with E-state index in [1.54, 1.807) is 35.6 Å². The zero-order valence-electron chi connectivity index (χ0n) is 13.4. The van der Waals surface area contributed by atoms with E-state index < -0.39 is 17.9 Å². The molecule has 0 unspecified atom stereocenters. The summed E-state index contributed by atoms with van der Waals surface area (Å²) >= 11 is 0. The predicted molar refractivity (Wildman–Crippen MR) is 84.7 cm³/mol. The van der Waals surface area contributed by atoms with Gasteiger partial charge in [-0.3, -0.25) is 0 Å². The van der Waals surface area contributed by atoms with E-state index >= 15 is 0 Å². The van der Waals surface area contributed by atoms with Crippen LogP contribution in [0.15, 0.2) is 24.3 Å². The number of hydrogen-bond acceptors (Lipinski definition) is 6. The molecule has 0 saturated heterocycles. The molecule has 0 aliphatic heterocycles. The molecule has 7 nitrogen and oxygen atoms in total. The topological polar surface area (TPSA) is 83.3 Å². The van der Waals surface area contributed by atoms with Crippen LogP contribution in [0.3, 0.4) is 0 Å². The van der Waals surface area contributed by atoms with Gasteiger partial charge in [0.25, 0.3) is 0 Å². The fraction of sp³-hybridized carbons (Fsp3) is 0.235. The quantitative estimate of drug-likeness (QED) is 0.539. The second-order valence-electron chi connectivity index (χ2n) is 5.03. The van der Waals surface area contributed by atoms with E-state index in [1.165, 1.54) is 14.2 Å². The Labute approximate surface area is 137 Å². The number of carbonyl (C=O) groups is 3. The number of nitrogens with zero attached hydrogens (tertiary/aromatic N) is 1. The maximum Gasteiger partial charge on any atom is 0.341 e. The Hall–Kier alpha value is -3.09. The molecular weight excluding hydrogens is 314 g/mol. The van der Waals surface area contributed by atoms with Crippen molar-refractivity contribution in [2.45, 2.75) is 6.92 Å². The maximum atomic E-state index is 12.5. The minimum Gasteiger partial charge on any atom is -0.465 e. The Morgan fingerprint density at radius 1 is 0.833 bits per heavy atom. The van der Waals surface area contributed by atoms with Gasteiger partial charge in [-0.2, -0.15) is 0 Å². The van der Waals surface area contributed by atoms with Crippen molar-refractivity contribution in [1.29, 1.82) is 0 Å². The van der Waals surface area contributed by atoms with Crippen LogP contribution in [0.2, 0.25) is 0 Å². The van der Waals surface area contributed by atoms with Crippen molar-refractivity contribution in [3.05, 3.63) is 41.0 Å². The van der Waals surface area contributed by atoms with Crippen LogP contribution < -0.4 is 0 Å². The second-order valence-corrected chi connectivity index (χ2v) is 5.03. The smallest absolute Gasteiger partial charge is 0.341 e. The summed E-state index contributed by atoms with van der Waals surface area (Å²) in [7, 11) is 2.39. The van der Waals surface area contributed by atoms with Crippen LogP contribution in [0.1, 0.15) is 38.0 Å². The summed E-state index contributed by atoms with van der Waals surface area (Å²) in [6.07, 6.45) is 0. The van der Waals surface area contributed by atoms with Gasteiger partial charge in [0.15, 0.2) is 0 Å². The lowest BCUT2D eigenvalue weighted by atomic mass is 10.00. The first kappa shape index (κ1) is 15.8. The van der Waals surface area contributed by atoms with Gasteiger partial charge >= 0.3 is 17.9 Å². The molecular formula is C17H15NO6. The lowest BCUT2D eigenvalue weighted by Gasteiger charge is -2.15. The highest BCUT2D eigenvalue weighted by Crippen LogP contribution is 2.32. The average molecular weight is 329 g/mol. The lowest BCUT2D eigenvalue weighted by molar-refractivity contribution is 0.0501. The molecule has 0 bridgehead atoms. The lowest BCUT2D eigenvalue weighted by Crippen LogP contribution is -2.20. The molecule has 0 aliphatic carbocycles. The Morgan fingerprint density at radius 3 is 1.83 bits per heavy atom. The first-order chi connectivity index (χ1) is 11.5. The van der Waals surface area contributed by atoms with Crippen LogP contribution in [0, 0.1) is 0 Å². The molecule has 3 rings (SSSR count). The number of rotatable bonds is 4. The van der Waals surface area contributed by atoms with Gasteiger partial charge in [0.05, 0.1) is 48.6 Å². The van der Waals surface area contributed by atoms with Crippen LogP contribution in [-0.2, 0) is 14.2 Å². The number of ether oxygens (including phenoxy) is 3. The minimum absolute atomic E-state index is 0.0113. The monoisotopic (exact) mass is 329 g/mol. The highest BCUT2D eigenvalue weighted by Gasteiger charge is 2.32. The number of hydrogen-bond donors (Lipinski definition) is 0. The average Bonchev–Trinajstić information content (AvgIpc) is 3.19. The molecule has 0 saturated carbocycles. The number of aromatic nitrogens is 1. The molecule has 3 aromatic heterocycles. The SMILES string of the molecule is CCOC(=O)c1c(C(=O)OC)c(C(=O)OC)c2ccc3ccc1n32. The molecule has 0 aliphatic rings. The highest BCUT2D eigenvalue weighted by atomic mass is 16.5. The van der Waals surface area contributed by atoms with E-state index in [-0.39, 0.29) is 23.3 Å². The van der Waals surface area contributed by atoms with Crippen LogP contribution in [0.25, 0.3) is 16.6 Å². The Balaban J connectivity index is 2.51. The summed E-state index contributed by atoms with van der Waals surface area (Å²) in [5, 5.41) is 0. The normalized spacial score (nSPS) is 11.0. The van der Waals surface area contributed by atoms with Crippen molar-refractivity contribution < 1.29 is 28.6 Å². The van der Waals surface area contributed by atoms with Crippen LogP contribution in [0.4, 0.5) is 0 Å². The Bertz CT molecular complexity index is 955. The van der Waals surface area contributed by atoms with Crippen molar-refractivity contribution >= 4 is 34.5 Å². The molecule has 0 atom stereocenters. The molecule has 3 aromatic rings. The number of esters is 3. The van der Waals surface area contributed by atoms with E-state index in [2.05, 4.69) is 0 Å². The molecule has 0 radical (unpaired) electrons. The van der Waals surface area contributed by atoms with Gasteiger partial charge in [-0.25, -0.2) is 14.4 Å². The van der Waals surface area contributed by atoms with Crippen LogP contribution >= 0.6 is 0 Å². The zero-order chi connectivity index (χ0) is 17.4. The summed E-state index contributed by atoms with van der Waals surface area (Å²) in [6, 6.07) is 6.95. The van der Waals surface area contributed by atoms with Crippen LogP contribution in [0.5, 0.6) is 0 Å². The van der Waals surface area contributed by atoms with Gasteiger partial charge in [-0.15, -0.1) is 0 Å². The van der Waals surface area contributed by atoms with Crippen molar-refractivity contribution in [3.63, 3.8) is 0 Å². The number of pyridine rings is 1. The molecule has 0 amide bonds. The predicted octanol–water partition coefficient (Wildman–Crippen LogP) is 2.28. The van der Waals surface area contributed by atoms with Crippen molar-refractivity contribution in [2.24, 2.45) is 0 Å². The largest absolute Gasteiger partial charge is 0.465 e. The first-order valence-electron chi connectivity index (χ1n) is 7.28. The standard InChI is InChI=1S/C17H15NO6/c1-4-24-17(21)13-11-8-6-9-5-7-10(18(9)11)12(15(19)22-2)14(13)16(20)23-3/h5-8H,4H2,1-3H3. The summed E-state index contributed by atoms with van der Waals surface area (Å²) in [4.78, 5) is 37.2. The van der Waals surface area contributed by atoms with Gasteiger partial charge in [0.2, 0.25) is 0 Å². The molecule has 0 fully saturated rings. The van der Waals surface area contributed by atoms with E-state index in [4.69, 9.17) is 14.2 Å². The first-order valence-corrected chi connectivity index (χ1v) is 7.28. The van der Waals surface area contributed by atoms with Crippen LogP contribution in [-0.4, -0.2) is 43.1 Å². The third-order valence-corrected chi connectivity index (χ3v) is 3.83. The van der Waals surface area contributed by atoms with Gasteiger partial charge in [-0.05, 0) is 31.2 Å².